The van der Waals surface area contributed by atoms with E-state index in [2.05, 4.69) is 11.6 Å². The third-order valence-corrected chi connectivity index (χ3v) is 8.66. The number of aliphatic carboxylic acids is 1. The van der Waals surface area contributed by atoms with Crippen LogP contribution >= 0.6 is 0 Å². The molecule has 8 unspecified atom stereocenters. The quantitative estimate of drug-likeness (QED) is 0.120. The molecule has 1 spiro atoms. The Morgan fingerprint density at radius 3 is 2.52 bits per heavy atom. The summed E-state index contributed by atoms with van der Waals surface area (Å²) in [5.41, 5.74) is -0.935. The van der Waals surface area contributed by atoms with Gasteiger partial charge < -0.3 is 54.6 Å². The topological polar surface area (TPSA) is 207 Å². The van der Waals surface area contributed by atoms with Crippen molar-refractivity contribution in [3.05, 3.63) is 46.6 Å². The van der Waals surface area contributed by atoms with Gasteiger partial charge in [-0.2, -0.15) is 5.69 Å². The molecule has 4 rings (SSSR count). The van der Waals surface area contributed by atoms with Gasteiger partial charge in [-0.3, -0.25) is 4.79 Å². The van der Waals surface area contributed by atoms with Crippen LogP contribution in [0.4, 0.5) is 0 Å². The fourth-order valence-electron chi connectivity index (χ4n) is 6.36. The predicted molar refractivity (Wildman–Crippen MR) is 154 cm³/mol. The molecule has 1 aliphatic carbocycles. The maximum absolute atomic E-state index is 12.4. The first-order valence-electron chi connectivity index (χ1n) is 14.7. The first-order chi connectivity index (χ1) is 20.9. The molecule has 2 aliphatic heterocycles. The number of hydrogen-bond acceptors (Lipinski definition) is 11. The Morgan fingerprint density at radius 1 is 1.23 bits per heavy atom. The lowest BCUT2D eigenvalue weighted by Gasteiger charge is -2.55. The van der Waals surface area contributed by atoms with Gasteiger partial charge in [0, 0.05) is 30.4 Å². The van der Waals surface area contributed by atoms with Crippen LogP contribution in [0, 0.1) is 11.8 Å². The van der Waals surface area contributed by atoms with E-state index in [1.165, 1.54) is 19.3 Å². The number of aromatic nitrogens is 1. The molecule has 1 aromatic rings. The van der Waals surface area contributed by atoms with Crippen LogP contribution in [0.15, 0.2) is 30.4 Å². The molecule has 3 aliphatic rings. The van der Waals surface area contributed by atoms with Crippen LogP contribution in [0.2, 0.25) is 0 Å². The highest BCUT2D eigenvalue weighted by atomic mass is 16.7. The van der Waals surface area contributed by atoms with Gasteiger partial charge in [-0.25, -0.2) is 4.79 Å². The number of esters is 1. The smallest absolute Gasteiger partial charge is 0.333 e. The molecule has 6 N–H and O–H groups in total. The van der Waals surface area contributed by atoms with Crippen molar-refractivity contribution >= 4 is 23.8 Å². The zero-order chi connectivity index (χ0) is 32.4. The van der Waals surface area contributed by atoms with Crippen molar-refractivity contribution < 1.29 is 59.2 Å². The minimum Gasteiger partial charge on any atom is -0.658 e. The van der Waals surface area contributed by atoms with Gasteiger partial charge >= 0.3 is 11.9 Å². The standard InChI is InChI=1S/C31H42NO12/c1-5-18-20(12-25(36)37)19(29(40)41-4)8-9-22(18)43-31(15-35)28(39)27(38)30(24(14-34)44-31)13-17-11-21(16(2)3)32-26(17)23(42-30)7-6-10-33/h5,8,11,13,16,18,20,22,24,27-28,33-35,38-39H,1,6-7,9-10,12,14-15H2,2-4H3,(H,36,37)/q-1. The maximum atomic E-state index is 12.4. The molecule has 0 amide bonds. The molecular formula is C31H42NO12-. The fourth-order valence-corrected chi connectivity index (χ4v) is 6.36. The van der Waals surface area contributed by atoms with E-state index in [1.807, 2.05) is 19.9 Å². The van der Waals surface area contributed by atoms with Crippen LogP contribution in [0.1, 0.15) is 51.1 Å². The maximum Gasteiger partial charge on any atom is 0.333 e. The monoisotopic (exact) mass is 620 g/mol. The molecule has 0 radical (unpaired) electrons. The summed E-state index contributed by atoms with van der Waals surface area (Å²) >= 11 is 0. The van der Waals surface area contributed by atoms with E-state index >= 15 is 0 Å². The van der Waals surface area contributed by atoms with E-state index in [0.717, 1.165) is 5.69 Å². The van der Waals surface area contributed by atoms with Crippen LogP contribution in [0.5, 0.6) is 0 Å². The summed E-state index contributed by atoms with van der Waals surface area (Å²) in [5, 5.41) is 64.6. The summed E-state index contributed by atoms with van der Waals surface area (Å²) in [5.74, 6) is -5.47. The van der Waals surface area contributed by atoms with Crippen molar-refractivity contribution in [2.24, 2.45) is 11.8 Å². The van der Waals surface area contributed by atoms with Gasteiger partial charge in [0.25, 0.3) is 0 Å². The van der Waals surface area contributed by atoms with Gasteiger partial charge in [0.2, 0.25) is 5.79 Å². The summed E-state index contributed by atoms with van der Waals surface area (Å²) in [6.45, 7) is 5.92. The number of carbonyl (C=O) groups is 2. The number of hydrogen-bond donors (Lipinski definition) is 6. The number of aliphatic hydroxyl groups is 5. The number of aliphatic hydroxyl groups excluding tert-OH is 5. The molecule has 0 aromatic carbocycles. The van der Waals surface area contributed by atoms with Crippen molar-refractivity contribution in [3.63, 3.8) is 0 Å². The molecular weight excluding hydrogens is 578 g/mol. The Kier molecular flexibility index (Phi) is 10.4. The number of nitrogens with zero attached hydrogens (tertiary/aromatic N) is 1. The van der Waals surface area contributed by atoms with E-state index in [4.69, 9.17) is 18.9 Å². The summed E-state index contributed by atoms with van der Waals surface area (Å²) in [6, 6.07) is 1.83. The normalized spacial score (nSPS) is 33.3. The van der Waals surface area contributed by atoms with Gasteiger partial charge in [0.05, 0.1) is 32.0 Å². The SMILES string of the molecule is C=CC1C(OC2(CO)OC(CO)C3(C=c4cc(C(C)C)[n-]c4=C(CCCO)O3)C(O)C2O)CC=C(C(=O)OC)C1CC(=O)O. The van der Waals surface area contributed by atoms with Gasteiger partial charge in [-0.05, 0) is 30.1 Å². The fraction of sp³-hybridized carbons (Fsp3) is 0.613. The minimum atomic E-state index is -2.29. The Morgan fingerprint density at radius 2 is 1.95 bits per heavy atom. The summed E-state index contributed by atoms with van der Waals surface area (Å²) in [6.07, 6.45) is -1.49. The van der Waals surface area contributed by atoms with Crippen molar-refractivity contribution in [3.8, 4) is 0 Å². The molecule has 244 valence electrons. The molecule has 13 heteroatoms. The molecule has 1 saturated heterocycles. The molecule has 0 bridgehead atoms. The summed E-state index contributed by atoms with van der Waals surface area (Å²) < 4.78 is 23.5. The summed E-state index contributed by atoms with van der Waals surface area (Å²) in [7, 11) is 1.18. The molecule has 3 heterocycles. The lowest BCUT2D eigenvalue weighted by molar-refractivity contribution is -0.394. The first-order valence-corrected chi connectivity index (χ1v) is 14.7. The van der Waals surface area contributed by atoms with Gasteiger partial charge in [-0.15, -0.1) is 6.58 Å². The average molecular weight is 621 g/mol. The lowest BCUT2D eigenvalue weighted by Crippen LogP contribution is -2.74. The van der Waals surface area contributed by atoms with E-state index in [1.54, 1.807) is 6.08 Å². The highest BCUT2D eigenvalue weighted by Crippen LogP contribution is 2.45. The molecule has 0 saturated carbocycles. The second kappa shape index (κ2) is 13.5. The van der Waals surface area contributed by atoms with Crippen LogP contribution in [-0.2, 0) is 28.5 Å². The molecule has 1 fully saturated rings. The number of rotatable bonds is 12. The van der Waals surface area contributed by atoms with Crippen LogP contribution in [0.25, 0.3) is 11.8 Å². The van der Waals surface area contributed by atoms with Gasteiger partial charge in [0.1, 0.15) is 24.9 Å². The van der Waals surface area contributed by atoms with Crippen LogP contribution < -0.4 is 15.6 Å². The highest BCUT2D eigenvalue weighted by Gasteiger charge is 2.64. The lowest BCUT2D eigenvalue weighted by atomic mass is 9.74. The Labute approximate surface area is 254 Å². The van der Waals surface area contributed by atoms with Gasteiger partial charge in [0.15, 0.2) is 5.60 Å². The van der Waals surface area contributed by atoms with Crippen LogP contribution in [0.3, 0.4) is 0 Å². The Hall–Kier alpha value is -3.04. The number of carboxylic acids is 1. The molecule has 44 heavy (non-hydrogen) atoms. The molecule has 1 aromatic heterocycles. The number of fused-ring (bicyclic) bond motifs is 1. The van der Waals surface area contributed by atoms with Crippen molar-refractivity contribution in [2.75, 3.05) is 26.9 Å². The average Bonchev–Trinajstić information content (AvgIpc) is 3.44. The second-order valence-electron chi connectivity index (χ2n) is 11.7. The Bertz CT molecular complexity index is 1380. The number of ether oxygens (including phenoxy) is 4. The zero-order valence-electron chi connectivity index (χ0n) is 25.1. The van der Waals surface area contributed by atoms with E-state index < -0.39 is 79.2 Å². The third kappa shape index (κ3) is 5.97. The van der Waals surface area contributed by atoms with Crippen molar-refractivity contribution in [1.29, 1.82) is 0 Å². The number of carbonyl (C=O) groups excluding carboxylic acids is 1. The zero-order valence-corrected chi connectivity index (χ0v) is 25.1. The van der Waals surface area contributed by atoms with Gasteiger partial charge in [-0.1, -0.05) is 37.4 Å². The van der Waals surface area contributed by atoms with E-state index in [-0.39, 0.29) is 30.9 Å². The van der Waals surface area contributed by atoms with Crippen molar-refractivity contribution in [1.82, 2.24) is 4.98 Å². The van der Waals surface area contributed by atoms with E-state index in [0.29, 0.717) is 22.7 Å². The Balaban J connectivity index is 1.74. The van der Waals surface area contributed by atoms with Crippen molar-refractivity contribution in [2.45, 2.75) is 81.3 Å². The van der Waals surface area contributed by atoms with E-state index in [9.17, 15) is 40.2 Å². The third-order valence-electron chi connectivity index (χ3n) is 8.66. The largest absolute Gasteiger partial charge is 0.658 e. The minimum absolute atomic E-state index is 0.0301. The highest BCUT2D eigenvalue weighted by molar-refractivity contribution is 5.90. The first kappa shape index (κ1) is 33.8. The predicted octanol–water partition coefficient (Wildman–Crippen LogP) is -1.22. The molecule has 13 nitrogen and oxygen atoms in total. The van der Waals surface area contributed by atoms with Crippen LogP contribution in [-0.4, -0.2) is 105 Å². The number of carboxylic acid groups (broad SMARTS) is 1. The number of methoxy groups -OCH3 is 1. The second-order valence-corrected chi connectivity index (χ2v) is 11.7. The molecule has 8 atom stereocenters. The summed E-state index contributed by atoms with van der Waals surface area (Å²) in [4.78, 5) is 28.8.